The maximum atomic E-state index is 14.9. The van der Waals surface area contributed by atoms with Gasteiger partial charge in [0.2, 0.25) is 10.0 Å². The van der Waals surface area contributed by atoms with Gasteiger partial charge in [0.05, 0.1) is 34.4 Å². The Balaban J connectivity index is 1.95. The zero-order chi connectivity index (χ0) is 21.6. The number of halogens is 5. The van der Waals surface area contributed by atoms with Gasteiger partial charge in [-0.25, -0.2) is 26.3 Å². The lowest BCUT2D eigenvalue weighted by Crippen LogP contribution is -2.59. The Labute approximate surface area is 174 Å². The van der Waals surface area contributed by atoms with E-state index in [1.54, 1.807) is 6.92 Å². The first kappa shape index (κ1) is 21.8. The molecule has 0 radical (unpaired) electrons. The molecule has 12 heteroatoms. The van der Waals surface area contributed by atoms with E-state index < -0.39 is 54.4 Å². The van der Waals surface area contributed by atoms with Crippen LogP contribution in [0.15, 0.2) is 29.2 Å². The molecule has 156 valence electrons. The van der Waals surface area contributed by atoms with Crippen molar-refractivity contribution in [1.29, 1.82) is 0 Å². The number of anilines is 1. The van der Waals surface area contributed by atoms with Gasteiger partial charge in [-0.15, -0.1) is 0 Å². The van der Waals surface area contributed by atoms with E-state index in [1.807, 2.05) is 0 Å². The summed E-state index contributed by atoms with van der Waals surface area (Å²) in [5.41, 5.74) is -1.97. The van der Waals surface area contributed by atoms with E-state index in [0.29, 0.717) is 6.07 Å². The number of hydrogen-bond acceptors (Lipinski definition) is 4. The summed E-state index contributed by atoms with van der Waals surface area (Å²) >= 11 is 11.4. The Morgan fingerprint density at radius 3 is 2.31 bits per heavy atom. The number of benzene rings is 2. The number of ether oxygens (including phenoxy) is 1. The molecule has 6 nitrogen and oxygen atoms in total. The first-order valence-electron chi connectivity index (χ1n) is 7.99. The largest absolute Gasteiger partial charge is 0.377 e. The monoisotopic (exact) mass is 468 g/mol. The van der Waals surface area contributed by atoms with Crippen molar-refractivity contribution in [2.24, 2.45) is 0 Å². The third kappa shape index (κ3) is 4.36. The van der Waals surface area contributed by atoms with Crippen molar-refractivity contribution in [1.82, 2.24) is 4.72 Å². The highest BCUT2D eigenvalue weighted by atomic mass is 35.5. The summed E-state index contributed by atoms with van der Waals surface area (Å²) in [4.78, 5) is 11.7. The summed E-state index contributed by atoms with van der Waals surface area (Å²) in [6, 6.07) is 3.48. The fourth-order valence-corrected chi connectivity index (χ4v) is 4.52. The van der Waals surface area contributed by atoms with Crippen LogP contribution in [0.2, 0.25) is 10.0 Å². The van der Waals surface area contributed by atoms with Gasteiger partial charge < -0.3 is 10.1 Å². The Morgan fingerprint density at radius 2 is 1.76 bits per heavy atom. The van der Waals surface area contributed by atoms with Crippen molar-refractivity contribution in [3.63, 3.8) is 0 Å². The van der Waals surface area contributed by atoms with E-state index in [0.717, 1.165) is 18.2 Å². The van der Waals surface area contributed by atoms with Gasteiger partial charge >= 0.3 is 0 Å². The summed E-state index contributed by atoms with van der Waals surface area (Å²) in [5, 5.41) is 1.12. The summed E-state index contributed by atoms with van der Waals surface area (Å²) in [6.07, 6.45) is 0. The molecular formula is C17H13Cl2F3N2O4S. The zero-order valence-electron chi connectivity index (χ0n) is 14.7. The average molecular weight is 469 g/mol. The van der Waals surface area contributed by atoms with Crippen LogP contribution in [-0.4, -0.2) is 33.1 Å². The molecule has 1 aliphatic rings. The first-order chi connectivity index (χ1) is 13.4. The molecule has 0 unspecified atom stereocenters. The summed E-state index contributed by atoms with van der Waals surface area (Å²) in [7, 11) is -4.35. The summed E-state index contributed by atoms with van der Waals surface area (Å²) in [5.74, 6) is -5.23. The highest BCUT2D eigenvalue weighted by molar-refractivity contribution is 7.89. The lowest BCUT2D eigenvalue weighted by Gasteiger charge is -2.38. The second-order valence-electron chi connectivity index (χ2n) is 6.60. The van der Waals surface area contributed by atoms with Crippen molar-refractivity contribution < 1.29 is 31.1 Å². The van der Waals surface area contributed by atoms with Crippen LogP contribution in [0.25, 0.3) is 0 Å². The van der Waals surface area contributed by atoms with E-state index in [1.165, 1.54) is 0 Å². The molecule has 0 aliphatic carbocycles. The van der Waals surface area contributed by atoms with Crippen molar-refractivity contribution in [3.8, 4) is 0 Å². The molecule has 0 saturated carbocycles. The number of carbonyl (C=O) groups is 1. The standard InChI is InChI=1S/C17H13Cl2F3N2O4S/c1-17(6-28-7-17)24-29(26,27)12-3-2-9(18)13(15(12)22)16(25)23-8-4-10(19)14(21)11(20)5-8/h2-5,24H,6-7H2,1H3,(H,23,25). The quantitative estimate of drug-likeness (QED) is 0.654. The minimum absolute atomic E-state index is 0.103. The lowest BCUT2D eigenvalue weighted by molar-refractivity contribution is -0.0523. The van der Waals surface area contributed by atoms with Crippen LogP contribution < -0.4 is 10.0 Å². The second kappa shape index (κ2) is 7.77. The first-order valence-corrected chi connectivity index (χ1v) is 10.2. The third-order valence-corrected chi connectivity index (χ3v) is 6.28. The van der Waals surface area contributed by atoms with Gasteiger partial charge in [0.15, 0.2) is 17.5 Å². The van der Waals surface area contributed by atoms with E-state index >= 15 is 0 Å². The van der Waals surface area contributed by atoms with Crippen LogP contribution in [0.5, 0.6) is 0 Å². The predicted molar refractivity (Wildman–Crippen MR) is 100 cm³/mol. The Kier molecular flexibility index (Phi) is 5.85. The molecule has 1 aliphatic heterocycles. The smallest absolute Gasteiger partial charge is 0.260 e. The molecule has 0 atom stereocenters. The molecule has 29 heavy (non-hydrogen) atoms. The number of carbonyl (C=O) groups excluding carboxylic acids is 1. The number of nitrogens with one attached hydrogen (secondary N) is 2. The van der Waals surface area contributed by atoms with Crippen molar-refractivity contribution in [2.75, 3.05) is 18.5 Å². The molecule has 1 saturated heterocycles. The fraction of sp³-hybridized carbons (Fsp3) is 0.235. The maximum absolute atomic E-state index is 14.9. The molecular weight excluding hydrogens is 456 g/mol. The SMILES string of the molecule is CC1(NS(=O)(=O)c2ccc(Cl)c(C(=O)Nc3cc(F)c(F)c(Cl)c3)c2F)COC1. The van der Waals surface area contributed by atoms with Gasteiger partial charge in [-0.3, -0.25) is 4.79 Å². The van der Waals surface area contributed by atoms with E-state index in [-0.39, 0.29) is 23.9 Å². The number of rotatable bonds is 5. The molecule has 0 spiro atoms. The molecule has 1 heterocycles. The van der Waals surface area contributed by atoms with E-state index in [2.05, 4.69) is 10.0 Å². The van der Waals surface area contributed by atoms with Crippen LogP contribution in [-0.2, 0) is 14.8 Å². The molecule has 3 rings (SSSR count). The minimum Gasteiger partial charge on any atom is -0.377 e. The number of amides is 1. The molecule has 1 fully saturated rings. The van der Waals surface area contributed by atoms with Gasteiger partial charge in [-0.05, 0) is 25.1 Å². The highest BCUT2D eigenvalue weighted by Crippen LogP contribution is 2.29. The van der Waals surface area contributed by atoms with Crippen molar-refractivity contribution in [3.05, 3.63) is 57.3 Å². The topological polar surface area (TPSA) is 84.5 Å². The fourth-order valence-electron chi connectivity index (χ4n) is 2.62. The molecule has 1 amide bonds. The second-order valence-corrected chi connectivity index (χ2v) is 9.07. The molecule has 2 N–H and O–H groups in total. The van der Waals surface area contributed by atoms with Crippen LogP contribution in [0.1, 0.15) is 17.3 Å². The van der Waals surface area contributed by atoms with Gasteiger partial charge in [0.25, 0.3) is 5.91 Å². The van der Waals surface area contributed by atoms with Crippen LogP contribution in [0.3, 0.4) is 0 Å². The Morgan fingerprint density at radius 1 is 1.10 bits per heavy atom. The van der Waals surface area contributed by atoms with Crippen molar-refractivity contribution in [2.45, 2.75) is 17.4 Å². The molecule has 2 aromatic rings. The van der Waals surface area contributed by atoms with E-state index in [9.17, 15) is 26.4 Å². The molecule has 2 aromatic carbocycles. The summed E-state index contributed by atoms with van der Waals surface area (Å²) < 4.78 is 74.0. The van der Waals surface area contributed by atoms with Crippen LogP contribution >= 0.6 is 23.2 Å². The summed E-state index contributed by atoms with van der Waals surface area (Å²) in [6.45, 7) is 1.78. The Bertz CT molecular complexity index is 1090. The third-order valence-electron chi connectivity index (χ3n) is 4.04. The van der Waals surface area contributed by atoms with Crippen LogP contribution in [0.4, 0.5) is 18.9 Å². The molecule has 0 aromatic heterocycles. The minimum atomic E-state index is -4.35. The van der Waals surface area contributed by atoms with Crippen LogP contribution in [0, 0.1) is 17.5 Å². The molecule has 0 bridgehead atoms. The highest BCUT2D eigenvalue weighted by Gasteiger charge is 2.39. The number of hydrogen-bond donors (Lipinski definition) is 2. The van der Waals surface area contributed by atoms with Crippen molar-refractivity contribution >= 4 is 44.8 Å². The normalized spacial score (nSPS) is 15.7. The predicted octanol–water partition coefficient (Wildman–Crippen LogP) is 3.73. The maximum Gasteiger partial charge on any atom is 0.260 e. The van der Waals surface area contributed by atoms with Gasteiger partial charge in [-0.1, -0.05) is 23.2 Å². The lowest BCUT2D eigenvalue weighted by atomic mass is 10.0. The Hall–Kier alpha value is -1.85. The van der Waals surface area contributed by atoms with Gasteiger partial charge in [0, 0.05) is 11.8 Å². The number of sulfonamides is 1. The zero-order valence-corrected chi connectivity index (χ0v) is 17.0. The van der Waals surface area contributed by atoms with Gasteiger partial charge in [-0.2, -0.15) is 0 Å². The van der Waals surface area contributed by atoms with E-state index in [4.69, 9.17) is 27.9 Å². The van der Waals surface area contributed by atoms with Gasteiger partial charge in [0.1, 0.15) is 4.90 Å². The average Bonchev–Trinajstić information content (AvgIpc) is 2.57.